The van der Waals surface area contributed by atoms with E-state index in [1.165, 1.54) is 10.4 Å². The van der Waals surface area contributed by atoms with Crippen LogP contribution in [0.4, 0.5) is 0 Å². The summed E-state index contributed by atoms with van der Waals surface area (Å²) in [6, 6.07) is 9.30. The van der Waals surface area contributed by atoms with Gasteiger partial charge in [-0.1, -0.05) is 12.1 Å². The highest BCUT2D eigenvalue weighted by Crippen LogP contribution is 2.27. The maximum Gasteiger partial charge on any atom is 0.262 e. The predicted molar refractivity (Wildman–Crippen MR) is 111 cm³/mol. The van der Waals surface area contributed by atoms with Crippen molar-refractivity contribution in [2.75, 3.05) is 19.6 Å². The van der Waals surface area contributed by atoms with E-state index in [9.17, 15) is 13.2 Å². The van der Waals surface area contributed by atoms with Crippen LogP contribution in [0.1, 0.15) is 41.9 Å². The molecule has 1 saturated heterocycles. The van der Waals surface area contributed by atoms with Crippen molar-refractivity contribution < 1.29 is 17.9 Å². The SMILES string of the molecule is CC(C)Oc1ccc(CCNC(=O)c2sccc2S(=O)(=O)N2CCCC2)cc1. The van der Waals surface area contributed by atoms with Gasteiger partial charge in [0.15, 0.2) is 0 Å². The Bertz CT molecular complexity index is 899. The van der Waals surface area contributed by atoms with Crippen molar-refractivity contribution in [3.05, 3.63) is 46.2 Å². The van der Waals surface area contributed by atoms with Crippen molar-refractivity contribution in [3.63, 3.8) is 0 Å². The minimum Gasteiger partial charge on any atom is -0.491 e. The van der Waals surface area contributed by atoms with Crippen LogP contribution in [-0.2, 0) is 16.4 Å². The standard InChI is InChI=1S/C20H26N2O4S2/c1-15(2)26-17-7-5-16(6-8-17)9-11-21-20(23)19-18(10-14-27-19)28(24,25)22-12-3-4-13-22/h5-8,10,14-15H,3-4,9,11-13H2,1-2H3,(H,21,23). The lowest BCUT2D eigenvalue weighted by atomic mass is 10.1. The van der Waals surface area contributed by atoms with Gasteiger partial charge >= 0.3 is 0 Å². The quantitative estimate of drug-likeness (QED) is 0.708. The number of hydrogen-bond donors (Lipinski definition) is 1. The topological polar surface area (TPSA) is 75.7 Å². The molecule has 0 radical (unpaired) electrons. The summed E-state index contributed by atoms with van der Waals surface area (Å²) in [5.41, 5.74) is 1.08. The zero-order valence-corrected chi connectivity index (χ0v) is 17.8. The molecule has 0 spiro atoms. The Morgan fingerprint density at radius 2 is 1.86 bits per heavy atom. The molecule has 2 aromatic rings. The predicted octanol–water partition coefficient (Wildman–Crippen LogP) is 3.29. The molecule has 1 aliphatic heterocycles. The van der Waals surface area contributed by atoms with Crippen molar-refractivity contribution in [2.24, 2.45) is 0 Å². The molecule has 8 heteroatoms. The third-order valence-electron chi connectivity index (χ3n) is 4.51. The van der Waals surface area contributed by atoms with Gasteiger partial charge in [-0.2, -0.15) is 4.31 Å². The molecule has 1 aromatic carbocycles. The Labute approximate surface area is 170 Å². The summed E-state index contributed by atoms with van der Waals surface area (Å²) in [4.78, 5) is 12.9. The third-order valence-corrected chi connectivity index (χ3v) is 7.50. The Kier molecular flexibility index (Phi) is 6.74. The second-order valence-corrected chi connectivity index (χ2v) is 9.86. The van der Waals surface area contributed by atoms with Gasteiger partial charge in [-0.05, 0) is 62.3 Å². The van der Waals surface area contributed by atoms with Gasteiger partial charge in [-0.3, -0.25) is 4.79 Å². The highest BCUT2D eigenvalue weighted by Gasteiger charge is 2.31. The zero-order chi connectivity index (χ0) is 20.1. The second kappa shape index (κ2) is 9.07. The molecular weight excluding hydrogens is 396 g/mol. The number of thiophene rings is 1. The Hall–Kier alpha value is -1.90. The van der Waals surface area contributed by atoms with Crippen molar-refractivity contribution in [1.82, 2.24) is 9.62 Å². The summed E-state index contributed by atoms with van der Waals surface area (Å²) in [6.07, 6.45) is 2.52. The van der Waals surface area contributed by atoms with Gasteiger partial charge in [0.1, 0.15) is 15.5 Å². The van der Waals surface area contributed by atoms with Gasteiger partial charge < -0.3 is 10.1 Å². The fourth-order valence-corrected chi connectivity index (χ4v) is 5.98. The molecule has 0 bridgehead atoms. The molecule has 28 heavy (non-hydrogen) atoms. The van der Waals surface area contributed by atoms with E-state index >= 15 is 0 Å². The summed E-state index contributed by atoms with van der Waals surface area (Å²) in [7, 11) is -3.59. The van der Waals surface area contributed by atoms with E-state index in [4.69, 9.17) is 4.74 Å². The number of ether oxygens (including phenoxy) is 1. The Morgan fingerprint density at radius 3 is 2.50 bits per heavy atom. The number of nitrogens with zero attached hydrogens (tertiary/aromatic N) is 1. The van der Waals surface area contributed by atoms with Crippen LogP contribution in [0.3, 0.4) is 0 Å². The molecule has 1 aromatic heterocycles. The average Bonchev–Trinajstić information content (AvgIpc) is 3.35. The third kappa shape index (κ3) is 4.92. The summed E-state index contributed by atoms with van der Waals surface area (Å²) >= 11 is 1.16. The molecule has 1 fully saturated rings. The first-order valence-electron chi connectivity index (χ1n) is 9.49. The minimum absolute atomic E-state index is 0.118. The van der Waals surface area contributed by atoms with Crippen LogP contribution in [0, 0.1) is 0 Å². The maximum atomic E-state index is 12.8. The van der Waals surface area contributed by atoms with Crippen LogP contribution in [0.25, 0.3) is 0 Å². The summed E-state index contributed by atoms with van der Waals surface area (Å²) in [5, 5.41) is 4.50. The molecule has 0 unspecified atom stereocenters. The van der Waals surface area contributed by atoms with Crippen LogP contribution in [0.5, 0.6) is 5.75 Å². The second-order valence-electron chi connectivity index (χ2n) is 7.04. The van der Waals surface area contributed by atoms with E-state index in [2.05, 4.69) is 5.32 Å². The zero-order valence-electron chi connectivity index (χ0n) is 16.2. The number of carbonyl (C=O) groups is 1. The summed E-state index contributed by atoms with van der Waals surface area (Å²) in [6.45, 7) is 5.44. The molecule has 1 N–H and O–H groups in total. The lowest BCUT2D eigenvalue weighted by molar-refractivity contribution is 0.0955. The van der Waals surface area contributed by atoms with Gasteiger partial charge in [-0.15, -0.1) is 11.3 Å². The number of carbonyl (C=O) groups excluding carboxylic acids is 1. The minimum atomic E-state index is -3.59. The van der Waals surface area contributed by atoms with E-state index in [0.717, 1.165) is 35.5 Å². The summed E-state index contributed by atoms with van der Waals surface area (Å²) in [5.74, 6) is 0.477. The number of rotatable bonds is 8. The van der Waals surface area contributed by atoms with Gasteiger partial charge in [0.05, 0.1) is 6.10 Å². The molecule has 2 heterocycles. The molecule has 1 amide bonds. The lowest BCUT2D eigenvalue weighted by Gasteiger charge is -2.15. The van der Waals surface area contributed by atoms with Crippen LogP contribution >= 0.6 is 11.3 Å². The fourth-order valence-electron chi connectivity index (χ4n) is 3.14. The van der Waals surface area contributed by atoms with E-state index in [1.54, 1.807) is 5.38 Å². The fraction of sp³-hybridized carbons (Fsp3) is 0.450. The van der Waals surface area contributed by atoms with Crippen LogP contribution in [-0.4, -0.2) is 44.4 Å². The van der Waals surface area contributed by atoms with Crippen molar-refractivity contribution in [3.8, 4) is 5.75 Å². The van der Waals surface area contributed by atoms with E-state index in [-0.39, 0.29) is 21.8 Å². The van der Waals surface area contributed by atoms with E-state index in [1.807, 2.05) is 38.1 Å². The summed E-state index contributed by atoms with van der Waals surface area (Å²) < 4.78 is 32.6. The molecule has 152 valence electrons. The van der Waals surface area contributed by atoms with Crippen molar-refractivity contribution >= 4 is 27.3 Å². The normalized spacial score (nSPS) is 15.1. The van der Waals surface area contributed by atoms with Crippen LogP contribution in [0.2, 0.25) is 0 Å². The number of hydrogen-bond acceptors (Lipinski definition) is 5. The Balaban J connectivity index is 1.58. The van der Waals surface area contributed by atoms with Crippen LogP contribution < -0.4 is 10.1 Å². The largest absolute Gasteiger partial charge is 0.491 e. The number of amides is 1. The first-order chi connectivity index (χ1) is 13.4. The maximum absolute atomic E-state index is 12.8. The van der Waals surface area contributed by atoms with E-state index in [0.29, 0.717) is 26.1 Å². The van der Waals surface area contributed by atoms with Crippen molar-refractivity contribution in [2.45, 2.75) is 44.1 Å². The average molecular weight is 423 g/mol. The molecule has 0 aliphatic carbocycles. The monoisotopic (exact) mass is 422 g/mol. The number of benzene rings is 1. The van der Waals surface area contributed by atoms with Gasteiger partial charge in [0.2, 0.25) is 10.0 Å². The molecule has 6 nitrogen and oxygen atoms in total. The number of nitrogens with one attached hydrogen (secondary N) is 1. The Morgan fingerprint density at radius 1 is 1.18 bits per heavy atom. The molecular formula is C20H26N2O4S2. The van der Waals surface area contributed by atoms with E-state index < -0.39 is 10.0 Å². The molecule has 3 rings (SSSR count). The molecule has 0 atom stereocenters. The van der Waals surface area contributed by atoms with Gasteiger partial charge in [-0.25, -0.2) is 8.42 Å². The molecule has 0 saturated carbocycles. The van der Waals surface area contributed by atoms with Crippen LogP contribution in [0.15, 0.2) is 40.6 Å². The smallest absolute Gasteiger partial charge is 0.262 e. The highest BCUT2D eigenvalue weighted by molar-refractivity contribution is 7.89. The van der Waals surface area contributed by atoms with Gasteiger partial charge in [0.25, 0.3) is 5.91 Å². The highest BCUT2D eigenvalue weighted by atomic mass is 32.2. The first kappa shape index (κ1) is 20.8. The van der Waals surface area contributed by atoms with Crippen molar-refractivity contribution in [1.29, 1.82) is 0 Å². The van der Waals surface area contributed by atoms with Gasteiger partial charge in [0, 0.05) is 19.6 Å². The first-order valence-corrected chi connectivity index (χ1v) is 11.8. The number of sulfonamides is 1. The lowest BCUT2D eigenvalue weighted by Crippen LogP contribution is -2.31. The molecule has 1 aliphatic rings.